The second kappa shape index (κ2) is 11.5. The van der Waals surface area contributed by atoms with E-state index in [1.807, 2.05) is 42.5 Å². The molecule has 0 atom stereocenters. The molecule has 0 saturated heterocycles. The minimum Gasteiger partial charge on any atom is -0.508 e. The van der Waals surface area contributed by atoms with Crippen molar-refractivity contribution in [1.82, 2.24) is 0 Å². The number of halogens is 2. The molecule has 7 heteroatoms. The Morgan fingerprint density at radius 3 is 1.68 bits per heavy atom. The number of hydrogen-bond donors (Lipinski definition) is 1. The molecule has 0 aromatic heterocycles. The predicted octanol–water partition coefficient (Wildman–Crippen LogP) is 9.12. The number of phenolic OH excluding ortho intramolecular Hbond substituents is 1. The lowest BCUT2D eigenvalue weighted by atomic mass is 9.77. The zero-order valence-corrected chi connectivity index (χ0v) is 25.7. The average Bonchev–Trinajstić information content (AvgIpc) is 2.93. The Balaban J connectivity index is 1.56. The van der Waals surface area contributed by atoms with Gasteiger partial charge in [-0.05, 0) is 76.7 Å². The number of ether oxygens (including phenoxy) is 1. The Labute approximate surface area is 247 Å². The molecule has 0 saturated carbocycles. The third-order valence-electron chi connectivity index (χ3n) is 7.26. The molecular formula is C33H34Cl2O4S. The second-order valence-corrected chi connectivity index (χ2v) is 13.9. The van der Waals surface area contributed by atoms with E-state index in [9.17, 15) is 13.5 Å². The van der Waals surface area contributed by atoms with Crippen LogP contribution in [0.15, 0.2) is 94.7 Å². The monoisotopic (exact) mass is 596 g/mol. The van der Waals surface area contributed by atoms with Crippen LogP contribution in [0.1, 0.15) is 62.4 Å². The van der Waals surface area contributed by atoms with Crippen LogP contribution in [0.3, 0.4) is 0 Å². The van der Waals surface area contributed by atoms with Crippen molar-refractivity contribution < 1.29 is 18.3 Å². The summed E-state index contributed by atoms with van der Waals surface area (Å²) in [6, 6.07) is 24.8. The van der Waals surface area contributed by atoms with Gasteiger partial charge in [0.15, 0.2) is 0 Å². The standard InChI is InChI=1S/C33H34Cl2O4S/c1-32(2,3)24-6-12-28(13-7-24)40(37,38)29-14-10-27(11-15-29)39-31-17-9-26(19-23(31)21-35)33(4,5)25-8-16-30(36)22(18-25)20-34/h6-19,36H,20-21H2,1-5H3. The zero-order chi connectivity index (χ0) is 29.3. The second-order valence-electron chi connectivity index (χ2n) is 11.4. The summed E-state index contributed by atoms with van der Waals surface area (Å²) in [7, 11) is -3.66. The molecule has 0 aliphatic carbocycles. The smallest absolute Gasteiger partial charge is 0.206 e. The van der Waals surface area contributed by atoms with Gasteiger partial charge in [0.2, 0.25) is 9.84 Å². The molecule has 4 aromatic carbocycles. The van der Waals surface area contributed by atoms with Crippen molar-refractivity contribution in [2.24, 2.45) is 0 Å². The van der Waals surface area contributed by atoms with E-state index in [1.54, 1.807) is 42.5 Å². The molecule has 4 rings (SSSR count). The number of phenols is 1. The number of alkyl halides is 2. The van der Waals surface area contributed by atoms with Crippen molar-refractivity contribution in [2.75, 3.05) is 0 Å². The maximum absolute atomic E-state index is 13.2. The summed E-state index contributed by atoms with van der Waals surface area (Å²) in [6.07, 6.45) is 0. The van der Waals surface area contributed by atoms with E-state index >= 15 is 0 Å². The van der Waals surface area contributed by atoms with Crippen molar-refractivity contribution in [3.8, 4) is 17.2 Å². The minimum absolute atomic E-state index is 0.0591. The van der Waals surface area contributed by atoms with Gasteiger partial charge in [-0.15, -0.1) is 23.2 Å². The SMILES string of the molecule is CC(C)(C)c1ccc(S(=O)(=O)c2ccc(Oc3ccc(C(C)(C)c4ccc(O)c(CCl)c4)cc3CCl)cc2)cc1. The molecule has 0 heterocycles. The van der Waals surface area contributed by atoms with Gasteiger partial charge in [0.1, 0.15) is 17.2 Å². The first-order valence-corrected chi connectivity index (χ1v) is 15.5. The van der Waals surface area contributed by atoms with Crippen LogP contribution in [0.25, 0.3) is 0 Å². The lowest BCUT2D eigenvalue weighted by molar-refractivity contribution is 0.469. The molecule has 0 bridgehead atoms. The molecule has 0 fully saturated rings. The average molecular weight is 598 g/mol. The van der Waals surface area contributed by atoms with Crippen LogP contribution in [0.4, 0.5) is 0 Å². The largest absolute Gasteiger partial charge is 0.508 e. The highest BCUT2D eigenvalue weighted by Crippen LogP contribution is 2.38. The summed E-state index contributed by atoms with van der Waals surface area (Å²) in [5.41, 5.74) is 4.16. The van der Waals surface area contributed by atoms with E-state index in [0.29, 0.717) is 17.1 Å². The predicted molar refractivity (Wildman–Crippen MR) is 163 cm³/mol. The van der Waals surface area contributed by atoms with Crippen LogP contribution >= 0.6 is 23.2 Å². The highest BCUT2D eigenvalue weighted by atomic mass is 35.5. The Hall–Kier alpha value is -2.99. The topological polar surface area (TPSA) is 63.6 Å². The number of rotatable bonds is 8. The molecule has 0 radical (unpaired) electrons. The third-order valence-corrected chi connectivity index (χ3v) is 9.63. The van der Waals surface area contributed by atoms with Gasteiger partial charge in [-0.3, -0.25) is 0 Å². The fraction of sp³-hybridized carbons (Fsp3) is 0.273. The van der Waals surface area contributed by atoms with Crippen molar-refractivity contribution >= 4 is 33.0 Å². The molecule has 40 heavy (non-hydrogen) atoms. The van der Waals surface area contributed by atoms with Gasteiger partial charge in [0.25, 0.3) is 0 Å². The number of hydrogen-bond acceptors (Lipinski definition) is 4. The molecule has 4 aromatic rings. The molecule has 0 unspecified atom stereocenters. The van der Waals surface area contributed by atoms with Crippen LogP contribution < -0.4 is 4.74 Å². The number of benzene rings is 4. The van der Waals surface area contributed by atoms with E-state index in [0.717, 1.165) is 22.3 Å². The van der Waals surface area contributed by atoms with E-state index in [2.05, 4.69) is 34.6 Å². The van der Waals surface area contributed by atoms with Gasteiger partial charge in [0.05, 0.1) is 21.6 Å². The first kappa shape index (κ1) is 30.0. The summed E-state index contributed by atoms with van der Waals surface area (Å²) < 4.78 is 32.5. The van der Waals surface area contributed by atoms with Gasteiger partial charge in [-0.1, -0.05) is 65.0 Å². The highest BCUT2D eigenvalue weighted by Gasteiger charge is 2.25. The minimum atomic E-state index is -3.66. The quantitative estimate of drug-likeness (QED) is 0.206. The van der Waals surface area contributed by atoms with Crippen molar-refractivity contribution in [2.45, 2.75) is 67.0 Å². The molecule has 4 nitrogen and oxygen atoms in total. The third kappa shape index (κ3) is 6.17. The van der Waals surface area contributed by atoms with Gasteiger partial charge < -0.3 is 9.84 Å². The first-order valence-electron chi connectivity index (χ1n) is 13.0. The van der Waals surface area contributed by atoms with Crippen LogP contribution in [0, 0.1) is 0 Å². The fourth-order valence-corrected chi connectivity index (χ4v) is 6.19. The zero-order valence-electron chi connectivity index (χ0n) is 23.3. The molecule has 0 spiro atoms. The molecule has 1 N–H and O–H groups in total. The van der Waals surface area contributed by atoms with Gasteiger partial charge >= 0.3 is 0 Å². The Morgan fingerprint density at radius 2 is 1.15 bits per heavy atom. The Bertz CT molecular complexity index is 1600. The van der Waals surface area contributed by atoms with Gasteiger partial charge in [-0.25, -0.2) is 8.42 Å². The normalized spacial score (nSPS) is 12.4. The van der Waals surface area contributed by atoms with Crippen LogP contribution in [-0.4, -0.2) is 13.5 Å². The lowest BCUT2D eigenvalue weighted by Gasteiger charge is -2.28. The van der Waals surface area contributed by atoms with Crippen molar-refractivity contribution in [3.05, 3.63) is 113 Å². The van der Waals surface area contributed by atoms with E-state index in [1.165, 1.54) is 0 Å². The van der Waals surface area contributed by atoms with Crippen molar-refractivity contribution in [3.63, 3.8) is 0 Å². The van der Waals surface area contributed by atoms with Crippen LogP contribution in [-0.2, 0) is 32.4 Å². The summed E-state index contributed by atoms with van der Waals surface area (Å²) in [5.74, 6) is 1.73. The molecular weight excluding hydrogens is 563 g/mol. The van der Waals surface area contributed by atoms with E-state index in [4.69, 9.17) is 27.9 Å². The summed E-state index contributed by atoms with van der Waals surface area (Å²) >= 11 is 12.3. The highest BCUT2D eigenvalue weighted by molar-refractivity contribution is 7.91. The molecule has 0 aliphatic heterocycles. The fourth-order valence-electron chi connectivity index (χ4n) is 4.50. The van der Waals surface area contributed by atoms with E-state index < -0.39 is 9.84 Å². The summed E-state index contributed by atoms with van der Waals surface area (Å²) in [6.45, 7) is 10.5. The van der Waals surface area contributed by atoms with Crippen LogP contribution in [0.2, 0.25) is 0 Å². The summed E-state index contributed by atoms with van der Waals surface area (Å²) in [5, 5.41) is 10.0. The first-order chi connectivity index (χ1) is 18.8. The molecule has 0 amide bonds. The van der Waals surface area contributed by atoms with Gasteiger partial charge in [-0.2, -0.15) is 0 Å². The maximum Gasteiger partial charge on any atom is 0.206 e. The van der Waals surface area contributed by atoms with Gasteiger partial charge in [0, 0.05) is 16.5 Å². The Kier molecular flexibility index (Phi) is 8.60. The van der Waals surface area contributed by atoms with Crippen LogP contribution in [0.5, 0.6) is 17.2 Å². The lowest BCUT2D eigenvalue weighted by Crippen LogP contribution is -2.19. The molecule has 0 aliphatic rings. The maximum atomic E-state index is 13.2. The molecule has 210 valence electrons. The van der Waals surface area contributed by atoms with E-state index in [-0.39, 0.29) is 38.1 Å². The van der Waals surface area contributed by atoms with Crippen molar-refractivity contribution in [1.29, 1.82) is 0 Å². The number of aromatic hydroxyl groups is 1. The summed E-state index contributed by atoms with van der Waals surface area (Å²) in [4.78, 5) is 0.451. The number of sulfone groups is 1. The Morgan fingerprint density at radius 1 is 0.675 bits per heavy atom.